The summed E-state index contributed by atoms with van der Waals surface area (Å²) in [5, 5.41) is 2.72. The van der Waals surface area contributed by atoms with E-state index in [-0.39, 0.29) is 0 Å². The van der Waals surface area contributed by atoms with Gasteiger partial charge < -0.3 is 9.88 Å². The molecule has 0 bridgehead atoms. The molecule has 0 aliphatic heterocycles. The summed E-state index contributed by atoms with van der Waals surface area (Å²) in [6, 6.07) is 15.4. The summed E-state index contributed by atoms with van der Waals surface area (Å²) in [6.07, 6.45) is 0. The topological polar surface area (TPSA) is 51.1 Å². The fraction of sp³-hybridized carbons (Fsp3) is 0.217. The quantitative estimate of drug-likeness (QED) is 0.534. The Morgan fingerprint density at radius 1 is 0.815 bits per heavy atom. The molecule has 0 aliphatic rings. The molecule has 3 rings (SSSR count). The zero-order valence-electron chi connectivity index (χ0n) is 16.4. The number of benzene rings is 2. The molecular formula is C23H24N2O2. The molecule has 0 saturated heterocycles. The van der Waals surface area contributed by atoms with E-state index in [0.717, 1.165) is 22.6 Å². The van der Waals surface area contributed by atoms with Crippen molar-refractivity contribution in [2.24, 2.45) is 0 Å². The second-order valence-electron chi connectivity index (χ2n) is 6.99. The summed E-state index contributed by atoms with van der Waals surface area (Å²) in [6.45, 7) is 9.84. The van der Waals surface area contributed by atoms with E-state index in [4.69, 9.17) is 0 Å². The molecule has 0 atom stereocenters. The van der Waals surface area contributed by atoms with E-state index in [9.17, 15) is 9.59 Å². The molecule has 1 N–H and O–H groups in total. The number of amides is 1. The number of carbonyl (C=O) groups is 2. The highest BCUT2D eigenvalue weighted by Gasteiger charge is 2.23. The van der Waals surface area contributed by atoms with Crippen LogP contribution < -0.4 is 5.32 Å². The van der Waals surface area contributed by atoms with E-state index in [2.05, 4.69) is 31.3 Å². The van der Waals surface area contributed by atoms with Gasteiger partial charge >= 0.3 is 0 Å². The summed E-state index contributed by atoms with van der Waals surface area (Å²) < 4.78 is 2.01. The average molecular weight is 360 g/mol. The Morgan fingerprint density at radius 3 is 2.19 bits per heavy atom. The molecule has 0 radical (unpaired) electrons. The summed E-state index contributed by atoms with van der Waals surface area (Å²) >= 11 is 0. The SMILES string of the molecule is Cc1ccc(-n2c(C)cc(C(=O)C(=O)Nc3ccccc3C)c2C)cc1C. The van der Waals surface area contributed by atoms with Gasteiger partial charge in [-0.2, -0.15) is 0 Å². The number of para-hydroxylation sites is 1. The highest BCUT2D eigenvalue weighted by molar-refractivity contribution is 6.46. The van der Waals surface area contributed by atoms with E-state index in [0.29, 0.717) is 11.3 Å². The Morgan fingerprint density at radius 2 is 1.52 bits per heavy atom. The van der Waals surface area contributed by atoms with Gasteiger partial charge in [-0.25, -0.2) is 0 Å². The van der Waals surface area contributed by atoms with Crippen LogP contribution in [-0.2, 0) is 4.79 Å². The van der Waals surface area contributed by atoms with Crippen molar-refractivity contribution in [3.63, 3.8) is 0 Å². The number of aryl methyl sites for hydroxylation is 4. The minimum atomic E-state index is -0.621. The Hall–Kier alpha value is -3.14. The lowest BCUT2D eigenvalue weighted by molar-refractivity contribution is -0.112. The van der Waals surface area contributed by atoms with Gasteiger partial charge in [-0.15, -0.1) is 0 Å². The van der Waals surface area contributed by atoms with Crippen LogP contribution in [0.5, 0.6) is 0 Å². The number of hydrogen-bond donors (Lipinski definition) is 1. The lowest BCUT2D eigenvalue weighted by Gasteiger charge is -2.12. The highest BCUT2D eigenvalue weighted by atomic mass is 16.2. The second-order valence-corrected chi connectivity index (χ2v) is 6.99. The number of nitrogens with zero attached hydrogens (tertiary/aromatic N) is 1. The number of anilines is 1. The Labute approximate surface area is 159 Å². The monoisotopic (exact) mass is 360 g/mol. The minimum Gasteiger partial charge on any atom is -0.319 e. The fourth-order valence-electron chi connectivity index (χ4n) is 3.27. The van der Waals surface area contributed by atoms with Gasteiger partial charge in [-0.1, -0.05) is 24.3 Å². The predicted molar refractivity (Wildman–Crippen MR) is 109 cm³/mol. The molecule has 0 unspecified atom stereocenters. The summed E-state index contributed by atoms with van der Waals surface area (Å²) in [7, 11) is 0. The van der Waals surface area contributed by atoms with Crippen molar-refractivity contribution in [3.05, 3.63) is 82.2 Å². The first-order valence-corrected chi connectivity index (χ1v) is 8.97. The van der Waals surface area contributed by atoms with Crippen molar-refractivity contribution in [3.8, 4) is 5.69 Å². The highest BCUT2D eigenvalue weighted by Crippen LogP contribution is 2.23. The van der Waals surface area contributed by atoms with Gasteiger partial charge in [0.05, 0.1) is 0 Å². The zero-order chi connectivity index (χ0) is 19.7. The molecule has 1 heterocycles. The first kappa shape index (κ1) is 18.6. The van der Waals surface area contributed by atoms with Crippen LogP contribution in [0.3, 0.4) is 0 Å². The third-order valence-corrected chi connectivity index (χ3v) is 5.02. The standard InChI is InChI=1S/C23H24N2O2/c1-14-10-11-19(12-16(14)3)25-17(4)13-20(18(25)5)22(26)23(27)24-21-9-7-6-8-15(21)2/h6-13H,1-5H3,(H,24,27). The van der Waals surface area contributed by atoms with Crippen LogP contribution in [0.1, 0.15) is 38.4 Å². The maximum Gasteiger partial charge on any atom is 0.296 e. The van der Waals surface area contributed by atoms with Crippen LogP contribution >= 0.6 is 0 Å². The number of rotatable bonds is 4. The number of ketones is 1. The molecule has 1 amide bonds. The fourth-order valence-corrected chi connectivity index (χ4v) is 3.27. The lowest BCUT2D eigenvalue weighted by atomic mass is 10.1. The second kappa shape index (κ2) is 7.23. The molecule has 27 heavy (non-hydrogen) atoms. The van der Waals surface area contributed by atoms with E-state index < -0.39 is 11.7 Å². The van der Waals surface area contributed by atoms with Crippen LogP contribution in [0.25, 0.3) is 5.69 Å². The van der Waals surface area contributed by atoms with Gasteiger partial charge in [0, 0.05) is 28.3 Å². The average Bonchev–Trinajstić information content (AvgIpc) is 2.93. The van der Waals surface area contributed by atoms with Crippen LogP contribution in [0.2, 0.25) is 0 Å². The minimum absolute atomic E-state index is 0.428. The van der Waals surface area contributed by atoms with Gasteiger partial charge in [0.1, 0.15) is 0 Å². The summed E-state index contributed by atoms with van der Waals surface area (Å²) in [4.78, 5) is 25.3. The van der Waals surface area contributed by atoms with Crippen molar-refractivity contribution in [1.82, 2.24) is 4.57 Å². The number of hydrogen-bond acceptors (Lipinski definition) is 2. The molecule has 138 valence electrons. The Kier molecular flexibility index (Phi) is 5.00. The van der Waals surface area contributed by atoms with E-state index in [1.165, 1.54) is 11.1 Å². The van der Waals surface area contributed by atoms with E-state index in [1.807, 2.05) is 49.6 Å². The lowest BCUT2D eigenvalue weighted by Crippen LogP contribution is -2.23. The third-order valence-electron chi connectivity index (χ3n) is 5.02. The van der Waals surface area contributed by atoms with Crippen molar-refractivity contribution >= 4 is 17.4 Å². The van der Waals surface area contributed by atoms with Crippen molar-refractivity contribution < 1.29 is 9.59 Å². The predicted octanol–water partition coefficient (Wildman–Crippen LogP) is 4.84. The number of Topliss-reactive ketones (excluding diaryl/α,β-unsaturated/α-hetero) is 1. The molecule has 3 aromatic rings. The molecule has 0 aliphatic carbocycles. The molecule has 0 saturated carbocycles. The van der Waals surface area contributed by atoms with E-state index in [1.54, 1.807) is 12.1 Å². The maximum absolute atomic E-state index is 12.8. The van der Waals surface area contributed by atoms with Crippen LogP contribution in [0.15, 0.2) is 48.5 Å². The Balaban J connectivity index is 1.93. The molecule has 2 aromatic carbocycles. The Bertz CT molecular complexity index is 1040. The maximum atomic E-state index is 12.8. The van der Waals surface area contributed by atoms with Gasteiger partial charge in [0.2, 0.25) is 0 Å². The summed E-state index contributed by atoms with van der Waals surface area (Å²) in [5.41, 5.74) is 7.07. The zero-order valence-corrected chi connectivity index (χ0v) is 16.4. The van der Waals surface area contributed by atoms with Gasteiger partial charge in [0.25, 0.3) is 11.7 Å². The van der Waals surface area contributed by atoms with Crippen LogP contribution in [0.4, 0.5) is 5.69 Å². The van der Waals surface area contributed by atoms with Crippen LogP contribution in [-0.4, -0.2) is 16.3 Å². The van der Waals surface area contributed by atoms with Gasteiger partial charge in [-0.3, -0.25) is 9.59 Å². The number of carbonyl (C=O) groups excluding carboxylic acids is 2. The molecule has 4 heteroatoms. The number of nitrogens with one attached hydrogen (secondary N) is 1. The molecule has 4 nitrogen and oxygen atoms in total. The smallest absolute Gasteiger partial charge is 0.296 e. The van der Waals surface area contributed by atoms with Crippen molar-refractivity contribution in [2.75, 3.05) is 5.32 Å². The largest absolute Gasteiger partial charge is 0.319 e. The van der Waals surface area contributed by atoms with Crippen molar-refractivity contribution in [1.29, 1.82) is 0 Å². The number of aromatic nitrogens is 1. The molecular weight excluding hydrogens is 336 g/mol. The molecule has 1 aromatic heterocycles. The first-order valence-electron chi connectivity index (χ1n) is 8.97. The van der Waals surface area contributed by atoms with Crippen LogP contribution in [0, 0.1) is 34.6 Å². The normalized spacial score (nSPS) is 10.7. The van der Waals surface area contributed by atoms with Crippen molar-refractivity contribution in [2.45, 2.75) is 34.6 Å². The first-order chi connectivity index (χ1) is 12.8. The van der Waals surface area contributed by atoms with E-state index >= 15 is 0 Å². The third kappa shape index (κ3) is 3.56. The summed E-state index contributed by atoms with van der Waals surface area (Å²) in [5.74, 6) is -1.15. The van der Waals surface area contributed by atoms with Gasteiger partial charge in [-0.05, 0) is 75.6 Å². The molecule has 0 spiro atoms. The van der Waals surface area contributed by atoms with Gasteiger partial charge in [0.15, 0.2) is 0 Å². The molecule has 0 fully saturated rings.